The zero-order chi connectivity index (χ0) is 15.3. The van der Waals surface area contributed by atoms with Crippen LogP contribution in [0, 0.1) is 5.82 Å². The molecule has 0 saturated heterocycles. The van der Waals surface area contributed by atoms with Crippen LogP contribution in [-0.4, -0.2) is 37.8 Å². The molecular formula is C10H12FN3O5S. The molecule has 8 nitrogen and oxygen atoms in total. The molecule has 0 unspecified atom stereocenters. The fraction of sp³-hybridized carbons (Fsp3) is 0.200. The number of anilines is 1. The van der Waals surface area contributed by atoms with Crippen molar-refractivity contribution in [2.75, 3.05) is 17.6 Å². The maximum Gasteiger partial charge on any atom is 0.340 e. The van der Waals surface area contributed by atoms with Crippen LogP contribution in [0.3, 0.4) is 0 Å². The highest BCUT2D eigenvalue weighted by Crippen LogP contribution is 2.18. The summed E-state index contributed by atoms with van der Waals surface area (Å²) in [5.41, 5.74) is -0.931. The van der Waals surface area contributed by atoms with E-state index in [1.165, 1.54) is 12.1 Å². The molecule has 5 N–H and O–H groups in total. The minimum Gasteiger partial charge on any atom is -0.478 e. The Balaban J connectivity index is 2.72. The summed E-state index contributed by atoms with van der Waals surface area (Å²) in [6, 6.07) is 2.49. The van der Waals surface area contributed by atoms with Gasteiger partial charge in [0.25, 0.3) is 0 Å². The Morgan fingerprint density at radius 3 is 2.55 bits per heavy atom. The molecule has 110 valence electrons. The lowest BCUT2D eigenvalue weighted by molar-refractivity contribution is 0.0693. The third kappa shape index (κ3) is 4.82. The number of amides is 2. The normalized spacial score (nSPS) is 10.9. The van der Waals surface area contributed by atoms with Crippen LogP contribution in [0.2, 0.25) is 0 Å². The fourth-order valence-corrected chi connectivity index (χ4v) is 1.71. The molecule has 0 radical (unpaired) electrons. The molecule has 1 aromatic rings. The molecule has 0 aromatic heterocycles. The van der Waals surface area contributed by atoms with Crippen molar-refractivity contribution in [2.45, 2.75) is 0 Å². The highest BCUT2D eigenvalue weighted by atomic mass is 32.2. The van der Waals surface area contributed by atoms with Crippen LogP contribution in [-0.2, 0) is 10.0 Å². The minimum absolute atomic E-state index is 0.245. The first-order valence-corrected chi connectivity index (χ1v) is 6.99. The topological polar surface area (TPSA) is 139 Å². The number of halogens is 1. The Bertz CT molecular complexity index is 632. The van der Waals surface area contributed by atoms with E-state index in [2.05, 4.69) is 10.6 Å². The lowest BCUT2D eigenvalue weighted by Crippen LogP contribution is -2.34. The first-order chi connectivity index (χ1) is 9.20. The van der Waals surface area contributed by atoms with E-state index in [-0.39, 0.29) is 12.2 Å². The SMILES string of the molecule is NS(=O)(=O)CCNC(=O)Nc1cccc(F)c1C(=O)O. The van der Waals surface area contributed by atoms with E-state index in [0.717, 1.165) is 6.07 Å². The molecule has 0 bridgehead atoms. The number of nitrogens with two attached hydrogens (primary N) is 1. The van der Waals surface area contributed by atoms with Gasteiger partial charge in [0.15, 0.2) is 0 Å². The number of hydrogen-bond acceptors (Lipinski definition) is 4. The molecule has 10 heteroatoms. The van der Waals surface area contributed by atoms with Crippen LogP contribution in [0.4, 0.5) is 14.9 Å². The maximum absolute atomic E-state index is 13.3. The van der Waals surface area contributed by atoms with E-state index >= 15 is 0 Å². The summed E-state index contributed by atoms with van der Waals surface area (Å²) >= 11 is 0. The third-order valence-electron chi connectivity index (χ3n) is 2.15. The molecule has 2 amide bonds. The second-order valence-corrected chi connectivity index (χ2v) is 5.45. The number of nitrogens with one attached hydrogen (secondary N) is 2. The van der Waals surface area contributed by atoms with Gasteiger partial charge in [-0.1, -0.05) is 6.07 Å². The van der Waals surface area contributed by atoms with Gasteiger partial charge in [0.05, 0.1) is 11.4 Å². The molecule has 0 spiro atoms. The summed E-state index contributed by atoms with van der Waals surface area (Å²) < 4.78 is 34.6. The molecule has 1 aromatic carbocycles. The van der Waals surface area contributed by atoms with Gasteiger partial charge in [-0.3, -0.25) is 0 Å². The van der Waals surface area contributed by atoms with E-state index in [1.54, 1.807) is 0 Å². The molecule has 20 heavy (non-hydrogen) atoms. The number of aromatic carboxylic acids is 1. The number of benzene rings is 1. The van der Waals surface area contributed by atoms with E-state index in [1.807, 2.05) is 0 Å². The van der Waals surface area contributed by atoms with Gasteiger partial charge >= 0.3 is 12.0 Å². The first kappa shape index (κ1) is 15.9. The van der Waals surface area contributed by atoms with Crippen molar-refractivity contribution < 1.29 is 27.5 Å². The van der Waals surface area contributed by atoms with Gasteiger partial charge < -0.3 is 15.7 Å². The zero-order valence-electron chi connectivity index (χ0n) is 10.1. The highest BCUT2D eigenvalue weighted by Gasteiger charge is 2.17. The number of primary sulfonamides is 1. The zero-order valence-corrected chi connectivity index (χ0v) is 10.9. The number of rotatable bonds is 5. The van der Waals surface area contributed by atoms with Crippen molar-refractivity contribution in [2.24, 2.45) is 5.14 Å². The predicted octanol–water partition coefficient (Wildman–Crippen LogP) is -0.0661. The smallest absolute Gasteiger partial charge is 0.340 e. The van der Waals surface area contributed by atoms with Gasteiger partial charge in [-0.15, -0.1) is 0 Å². The summed E-state index contributed by atoms with van der Waals surface area (Å²) in [5.74, 6) is -3.02. The van der Waals surface area contributed by atoms with Crippen LogP contribution in [0.1, 0.15) is 10.4 Å². The number of urea groups is 1. The van der Waals surface area contributed by atoms with Crippen LogP contribution in [0.15, 0.2) is 18.2 Å². The lowest BCUT2D eigenvalue weighted by Gasteiger charge is -2.10. The Morgan fingerprint density at radius 1 is 1.35 bits per heavy atom. The van der Waals surface area contributed by atoms with Crippen LogP contribution in [0.5, 0.6) is 0 Å². The van der Waals surface area contributed by atoms with Gasteiger partial charge in [-0.05, 0) is 12.1 Å². The average Bonchev–Trinajstić information content (AvgIpc) is 2.26. The van der Waals surface area contributed by atoms with Crippen molar-refractivity contribution in [3.05, 3.63) is 29.6 Å². The van der Waals surface area contributed by atoms with Gasteiger partial charge in [0.1, 0.15) is 11.4 Å². The Morgan fingerprint density at radius 2 is 2.00 bits per heavy atom. The second kappa shape index (κ2) is 6.30. The van der Waals surface area contributed by atoms with Gasteiger partial charge in [0.2, 0.25) is 10.0 Å². The fourth-order valence-electron chi connectivity index (χ4n) is 1.32. The molecule has 0 atom stereocenters. The summed E-state index contributed by atoms with van der Waals surface area (Å²) in [6.07, 6.45) is 0. The van der Waals surface area contributed by atoms with E-state index in [9.17, 15) is 22.4 Å². The molecule has 0 heterocycles. The molecular weight excluding hydrogens is 293 g/mol. The standard InChI is InChI=1S/C10H12FN3O5S/c11-6-2-1-3-7(8(6)9(15)16)14-10(17)13-4-5-20(12,18)19/h1-3H,4-5H2,(H,15,16)(H2,12,18,19)(H2,13,14,17). The number of carboxylic acids is 1. The number of carboxylic acid groups (broad SMARTS) is 1. The summed E-state index contributed by atoms with van der Waals surface area (Å²) in [7, 11) is -3.72. The number of hydrogen-bond donors (Lipinski definition) is 4. The Labute approximate surface area is 113 Å². The van der Waals surface area contributed by atoms with Crippen LogP contribution < -0.4 is 15.8 Å². The largest absolute Gasteiger partial charge is 0.478 e. The summed E-state index contributed by atoms with van der Waals surface area (Å²) in [5, 5.41) is 17.8. The quantitative estimate of drug-likeness (QED) is 0.603. The molecule has 0 fully saturated rings. The Hall–Kier alpha value is -2.20. The number of carbonyl (C=O) groups excluding carboxylic acids is 1. The number of carbonyl (C=O) groups is 2. The van der Waals surface area contributed by atoms with Crippen molar-refractivity contribution in [3.63, 3.8) is 0 Å². The van der Waals surface area contributed by atoms with Crippen LogP contribution in [0.25, 0.3) is 0 Å². The monoisotopic (exact) mass is 305 g/mol. The first-order valence-electron chi connectivity index (χ1n) is 5.28. The maximum atomic E-state index is 13.3. The molecule has 0 aliphatic carbocycles. The van der Waals surface area contributed by atoms with Gasteiger partial charge in [-0.25, -0.2) is 27.5 Å². The minimum atomic E-state index is -3.72. The predicted molar refractivity (Wildman–Crippen MR) is 68.4 cm³/mol. The molecule has 1 rings (SSSR count). The lowest BCUT2D eigenvalue weighted by atomic mass is 10.1. The van der Waals surface area contributed by atoms with E-state index in [0.29, 0.717) is 0 Å². The average molecular weight is 305 g/mol. The van der Waals surface area contributed by atoms with E-state index < -0.39 is 39.2 Å². The van der Waals surface area contributed by atoms with Gasteiger partial charge in [-0.2, -0.15) is 0 Å². The molecule has 0 saturated carbocycles. The highest BCUT2D eigenvalue weighted by molar-refractivity contribution is 7.89. The van der Waals surface area contributed by atoms with Crippen LogP contribution >= 0.6 is 0 Å². The summed E-state index contributed by atoms with van der Waals surface area (Å²) in [4.78, 5) is 22.3. The van der Waals surface area contributed by atoms with Crippen molar-refractivity contribution in [1.29, 1.82) is 0 Å². The van der Waals surface area contributed by atoms with E-state index in [4.69, 9.17) is 10.2 Å². The molecule has 0 aliphatic rings. The second-order valence-electron chi connectivity index (χ2n) is 3.72. The Kier molecular flexibility index (Phi) is 5.00. The summed E-state index contributed by atoms with van der Waals surface area (Å²) in [6.45, 7) is -0.262. The third-order valence-corrected chi connectivity index (χ3v) is 2.92. The van der Waals surface area contributed by atoms with Crippen molar-refractivity contribution in [1.82, 2.24) is 5.32 Å². The van der Waals surface area contributed by atoms with Crippen molar-refractivity contribution in [3.8, 4) is 0 Å². The number of sulfonamides is 1. The molecule has 0 aliphatic heterocycles. The van der Waals surface area contributed by atoms with Gasteiger partial charge in [0, 0.05) is 6.54 Å². The van der Waals surface area contributed by atoms with Crippen molar-refractivity contribution >= 4 is 27.7 Å².